The Balaban J connectivity index is 1.95. The van der Waals surface area contributed by atoms with Gasteiger partial charge in [-0.3, -0.25) is 9.59 Å². The average molecular weight is 281 g/mol. The molecule has 0 spiro atoms. The van der Waals surface area contributed by atoms with Crippen LogP contribution in [-0.2, 0) is 9.59 Å². The molecule has 2 saturated heterocycles. The molecular weight excluding hydrogens is 254 g/mol. The van der Waals surface area contributed by atoms with Gasteiger partial charge in [0.15, 0.2) is 0 Å². The highest BCUT2D eigenvalue weighted by Gasteiger charge is 2.41. The Morgan fingerprint density at radius 3 is 2.55 bits per heavy atom. The highest BCUT2D eigenvalue weighted by atomic mass is 16.2. The summed E-state index contributed by atoms with van der Waals surface area (Å²) in [7, 11) is 1.68. The van der Waals surface area contributed by atoms with Crippen molar-refractivity contribution < 1.29 is 9.59 Å². The van der Waals surface area contributed by atoms with Crippen molar-refractivity contribution in [2.24, 2.45) is 11.3 Å². The smallest absolute Gasteiger partial charge is 0.230 e. The van der Waals surface area contributed by atoms with Crippen LogP contribution >= 0.6 is 0 Å². The Kier molecular flexibility index (Phi) is 5.02. The maximum atomic E-state index is 12.8. The molecule has 2 amide bonds. The minimum Gasteiger partial charge on any atom is -0.359 e. The highest BCUT2D eigenvalue weighted by molar-refractivity contribution is 5.84. The van der Waals surface area contributed by atoms with Gasteiger partial charge >= 0.3 is 0 Å². The molecule has 0 bridgehead atoms. The first kappa shape index (κ1) is 15.3. The van der Waals surface area contributed by atoms with Gasteiger partial charge in [-0.25, -0.2) is 0 Å². The van der Waals surface area contributed by atoms with Crippen molar-refractivity contribution in [2.45, 2.75) is 39.0 Å². The molecule has 1 unspecified atom stereocenters. The van der Waals surface area contributed by atoms with Crippen LogP contribution in [-0.4, -0.2) is 49.9 Å². The number of hydrogen-bond donors (Lipinski definition) is 2. The van der Waals surface area contributed by atoms with Gasteiger partial charge in [-0.1, -0.05) is 6.92 Å². The zero-order valence-corrected chi connectivity index (χ0v) is 12.7. The predicted octanol–water partition coefficient (Wildman–Crippen LogP) is 0.751. The third kappa shape index (κ3) is 2.97. The molecular formula is C15H27N3O2. The molecule has 5 heteroatoms. The van der Waals surface area contributed by atoms with Crippen LogP contribution in [0.2, 0.25) is 0 Å². The Hall–Kier alpha value is -1.10. The molecule has 2 aliphatic heterocycles. The minimum absolute atomic E-state index is 0.0751. The van der Waals surface area contributed by atoms with E-state index < -0.39 is 0 Å². The van der Waals surface area contributed by atoms with E-state index in [2.05, 4.69) is 17.6 Å². The summed E-state index contributed by atoms with van der Waals surface area (Å²) in [5, 5.41) is 6.08. The van der Waals surface area contributed by atoms with E-state index in [1.54, 1.807) is 7.05 Å². The van der Waals surface area contributed by atoms with E-state index in [1.807, 2.05) is 4.90 Å². The lowest BCUT2D eigenvalue weighted by molar-refractivity contribution is -0.146. The largest absolute Gasteiger partial charge is 0.359 e. The van der Waals surface area contributed by atoms with E-state index in [0.29, 0.717) is 5.91 Å². The minimum atomic E-state index is -0.210. The molecule has 114 valence electrons. The molecule has 0 aliphatic carbocycles. The summed E-state index contributed by atoms with van der Waals surface area (Å²) in [5.74, 6) is 0.482. The summed E-state index contributed by atoms with van der Waals surface area (Å²) in [6, 6.07) is 0. The van der Waals surface area contributed by atoms with Crippen molar-refractivity contribution in [3.63, 3.8) is 0 Å². The van der Waals surface area contributed by atoms with Crippen molar-refractivity contribution >= 4 is 11.8 Å². The fourth-order valence-corrected chi connectivity index (χ4v) is 3.49. The lowest BCUT2D eigenvalue weighted by atomic mass is 9.76. The van der Waals surface area contributed by atoms with Crippen LogP contribution in [0, 0.1) is 11.3 Å². The third-order valence-corrected chi connectivity index (χ3v) is 5.00. The van der Waals surface area contributed by atoms with Crippen LogP contribution in [0.25, 0.3) is 0 Å². The van der Waals surface area contributed by atoms with Gasteiger partial charge in [-0.05, 0) is 38.6 Å². The molecule has 2 fully saturated rings. The maximum absolute atomic E-state index is 12.8. The van der Waals surface area contributed by atoms with Crippen molar-refractivity contribution in [2.75, 3.05) is 33.2 Å². The van der Waals surface area contributed by atoms with Gasteiger partial charge in [-0.2, -0.15) is 0 Å². The number of carbonyl (C=O) groups is 2. The molecule has 0 radical (unpaired) electrons. The van der Waals surface area contributed by atoms with Crippen molar-refractivity contribution in [3.05, 3.63) is 0 Å². The van der Waals surface area contributed by atoms with Gasteiger partial charge in [0.25, 0.3) is 0 Å². The zero-order valence-electron chi connectivity index (χ0n) is 12.7. The number of nitrogens with zero attached hydrogens (tertiary/aromatic N) is 1. The summed E-state index contributed by atoms with van der Waals surface area (Å²) in [6.45, 7) is 5.38. The fraction of sp³-hybridized carbons (Fsp3) is 0.867. The first-order valence-electron chi connectivity index (χ1n) is 7.84. The molecule has 0 saturated carbocycles. The van der Waals surface area contributed by atoms with Gasteiger partial charge in [0.1, 0.15) is 0 Å². The molecule has 1 atom stereocenters. The number of carbonyl (C=O) groups excluding carboxylic acids is 2. The van der Waals surface area contributed by atoms with Crippen LogP contribution < -0.4 is 10.6 Å². The fourth-order valence-electron chi connectivity index (χ4n) is 3.49. The molecule has 5 nitrogen and oxygen atoms in total. The van der Waals surface area contributed by atoms with E-state index >= 15 is 0 Å². The van der Waals surface area contributed by atoms with Gasteiger partial charge < -0.3 is 15.5 Å². The van der Waals surface area contributed by atoms with Gasteiger partial charge in [0.2, 0.25) is 11.8 Å². The highest BCUT2D eigenvalue weighted by Crippen LogP contribution is 2.33. The normalized spacial score (nSPS) is 28.2. The monoisotopic (exact) mass is 281 g/mol. The van der Waals surface area contributed by atoms with Crippen LogP contribution in [0.15, 0.2) is 0 Å². The van der Waals surface area contributed by atoms with Crippen LogP contribution in [0.4, 0.5) is 0 Å². The summed E-state index contributed by atoms with van der Waals surface area (Å²) in [6.07, 6.45) is 4.55. The van der Waals surface area contributed by atoms with Crippen molar-refractivity contribution in [3.8, 4) is 0 Å². The van der Waals surface area contributed by atoms with E-state index in [9.17, 15) is 9.59 Å². The maximum Gasteiger partial charge on any atom is 0.230 e. The topological polar surface area (TPSA) is 61.4 Å². The molecule has 2 N–H and O–H groups in total. The molecule has 2 aliphatic rings. The number of hydrogen-bond acceptors (Lipinski definition) is 3. The standard InChI is InChI=1S/C15H27N3O2/c1-3-15(7-4-8-17-11-15)14(20)18-9-5-12(6-10-18)13(19)16-2/h12,17H,3-11H2,1-2H3,(H,16,19). The van der Waals surface area contributed by atoms with Gasteiger partial charge in [0, 0.05) is 32.6 Å². The van der Waals surface area contributed by atoms with Crippen LogP contribution in [0.5, 0.6) is 0 Å². The van der Waals surface area contributed by atoms with Crippen molar-refractivity contribution in [1.82, 2.24) is 15.5 Å². The quantitative estimate of drug-likeness (QED) is 0.802. The lowest BCUT2D eigenvalue weighted by Crippen LogP contribution is -2.53. The van der Waals surface area contributed by atoms with E-state index in [0.717, 1.165) is 58.3 Å². The number of likely N-dealkylation sites (tertiary alicyclic amines) is 1. The molecule has 2 heterocycles. The second-order valence-corrected chi connectivity index (χ2v) is 6.09. The number of piperidine rings is 2. The van der Waals surface area contributed by atoms with Gasteiger partial charge in [-0.15, -0.1) is 0 Å². The van der Waals surface area contributed by atoms with E-state index in [-0.39, 0.29) is 17.2 Å². The first-order valence-corrected chi connectivity index (χ1v) is 7.84. The van der Waals surface area contributed by atoms with E-state index in [4.69, 9.17) is 0 Å². The third-order valence-electron chi connectivity index (χ3n) is 5.00. The zero-order chi connectivity index (χ0) is 14.6. The molecule has 20 heavy (non-hydrogen) atoms. The summed E-state index contributed by atoms with van der Waals surface area (Å²) in [5.41, 5.74) is -0.210. The summed E-state index contributed by atoms with van der Waals surface area (Å²) in [4.78, 5) is 26.5. The SMILES string of the molecule is CCC1(C(=O)N2CCC(C(=O)NC)CC2)CCCNC1. The van der Waals surface area contributed by atoms with E-state index in [1.165, 1.54) is 0 Å². The van der Waals surface area contributed by atoms with Crippen LogP contribution in [0.3, 0.4) is 0 Å². The summed E-state index contributed by atoms with van der Waals surface area (Å²) >= 11 is 0. The number of rotatable bonds is 3. The molecule has 2 rings (SSSR count). The molecule has 0 aromatic rings. The Morgan fingerprint density at radius 2 is 2.05 bits per heavy atom. The predicted molar refractivity (Wildman–Crippen MR) is 78.2 cm³/mol. The Bertz CT molecular complexity index is 356. The molecule has 0 aromatic carbocycles. The first-order chi connectivity index (χ1) is 9.63. The van der Waals surface area contributed by atoms with Crippen LogP contribution in [0.1, 0.15) is 39.0 Å². The lowest BCUT2D eigenvalue weighted by Gasteiger charge is -2.41. The van der Waals surface area contributed by atoms with Crippen molar-refractivity contribution in [1.29, 1.82) is 0 Å². The second-order valence-electron chi connectivity index (χ2n) is 6.09. The Labute approximate surface area is 121 Å². The molecule has 0 aromatic heterocycles. The van der Waals surface area contributed by atoms with Gasteiger partial charge in [0.05, 0.1) is 5.41 Å². The average Bonchev–Trinajstić information content (AvgIpc) is 2.54. The summed E-state index contributed by atoms with van der Waals surface area (Å²) < 4.78 is 0. The number of nitrogens with one attached hydrogen (secondary N) is 2. The Morgan fingerprint density at radius 1 is 1.35 bits per heavy atom. The second kappa shape index (κ2) is 6.57. The number of amides is 2.